The Morgan fingerprint density at radius 1 is 0.333 bits per heavy atom. The SMILES string of the molecule is c1ccc(-n2c3ccccc3c3cccc(-c4nc(-c5ccc6ccccc6c5)nc(-c5ccc(-n6c7cc8ccccc8cc7c7ccc8ccccc8c76)c6c5oc5ccccc56)n4)c32)cc1. The van der Waals surface area contributed by atoms with E-state index in [9.17, 15) is 0 Å². The number of aromatic nitrogens is 5. The molecule has 6 nitrogen and oxygen atoms in total. The summed E-state index contributed by atoms with van der Waals surface area (Å²) in [6, 6.07) is 79.7. The summed E-state index contributed by atoms with van der Waals surface area (Å²) in [4.78, 5) is 16.3. The van der Waals surface area contributed by atoms with E-state index in [-0.39, 0.29) is 0 Å². The van der Waals surface area contributed by atoms with Crippen LogP contribution >= 0.6 is 0 Å². The Morgan fingerprint density at radius 2 is 0.957 bits per heavy atom. The Labute approximate surface area is 394 Å². The molecule has 11 aromatic carbocycles. The molecule has 0 bridgehead atoms. The van der Waals surface area contributed by atoms with Gasteiger partial charge < -0.3 is 13.6 Å². The maximum atomic E-state index is 7.08. The van der Waals surface area contributed by atoms with Crippen LogP contribution in [0.3, 0.4) is 0 Å². The molecule has 0 spiro atoms. The lowest BCUT2D eigenvalue weighted by molar-refractivity contribution is 0.669. The van der Waals surface area contributed by atoms with Gasteiger partial charge >= 0.3 is 0 Å². The molecule has 69 heavy (non-hydrogen) atoms. The van der Waals surface area contributed by atoms with E-state index in [4.69, 9.17) is 19.4 Å². The molecule has 6 heteroatoms. The molecule has 0 aliphatic heterocycles. The topological polar surface area (TPSA) is 61.7 Å². The molecule has 0 fully saturated rings. The first kappa shape index (κ1) is 37.8. The number of benzene rings is 11. The Hall–Kier alpha value is -9.39. The highest BCUT2D eigenvalue weighted by atomic mass is 16.3. The highest BCUT2D eigenvalue weighted by Gasteiger charge is 2.25. The van der Waals surface area contributed by atoms with Crippen LogP contribution in [0.2, 0.25) is 0 Å². The monoisotopic (exact) mass is 879 g/mol. The van der Waals surface area contributed by atoms with Gasteiger partial charge in [-0.05, 0) is 87.6 Å². The lowest BCUT2D eigenvalue weighted by Crippen LogP contribution is -2.03. The van der Waals surface area contributed by atoms with Crippen molar-refractivity contribution in [2.75, 3.05) is 0 Å². The number of fused-ring (bicyclic) bond motifs is 13. The van der Waals surface area contributed by atoms with Gasteiger partial charge in [-0.25, -0.2) is 15.0 Å². The highest BCUT2D eigenvalue weighted by molar-refractivity contribution is 6.23. The number of para-hydroxylation sites is 4. The van der Waals surface area contributed by atoms with Gasteiger partial charge in [0.2, 0.25) is 0 Å². The minimum atomic E-state index is 0.525. The third-order valence-electron chi connectivity index (χ3n) is 14.1. The normalized spacial score (nSPS) is 12.1. The average Bonchev–Trinajstić information content (AvgIpc) is 4.08. The molecule has 0 aliphatic carbocycles. The van der Waals surface area contributed by atoms with Gasteiger partial charge in [0, 0.05) is 49.1 Å². The molecule has 4 heterocycles. The quantitative estimate of drug-likeness (QED) is 0.173. The average molecular weight is 880 g/mol. The van der Waals surface area contributed by atoms with E-state index in [2.05, 4.69) is 228 Å². The van der Waals surface area contributed by atoms with E-state index >= 15 is 0 Å². The molecule has 0 radical (unpaired) electrons. The van der Waals surface area contributed by atoms with E-state index in [0.717, 1.165) is 88.0 Å². The highest BCUT2D eigenvalue weighted by Crippen LogP contribution is 2.45. The van der Waals surface area contributed by atoms with Crippen molar-refractivity contribution in [3.63, 3.8) is 0 Å². The standard InChI is InChI=1S/C63H37N5O/c1-2-20-44(21-3-1)67-53-27-12-10-23-46(53)47-25-14-26-50(59(47)67)62-64-61(43-30-29-38-15-4-5-17-40(38)35-43)65-63(66-62)51-33-34-54(57-49-24-11-13-28-56(49)69-60(51)57)68-55-37-42-19-7-6-18-41(42)36-52(55)48-32-31-39-16-8-9-22-45(39)58(48)68/h1-37H. The second-order valence-electron chi connectivity index (χ2n) is 17.9. The second-order valence-corrected chi connectivity index (χ2v) is 17.9. The predicted molar refractivity (Wildman–Crippen MR) is 285 cm³/mol. The maximum absolute atomic E-state index is 7.08. The summed E-state index contributed by atoms with van der Waals surface area (Å²) in [5, 5.41) is 13.7. The predicted octanol–water partition coefficient (Wildman–Crippen LogP) is 16.4. The molecular formula is C63H37N5O. The van der Waals surface area contributed by atoms with Crippen LogP contribution in [0, 0.1) is 0 Å². The summed E-state index contributed by atoms with van der Waals surface area (Å²) in [5.74, 6) is 1.67. The summed E-state index contributed by atoms with van der Waals surface area (Å²) in [7, 11) is 0. The first-order chi connectivity index (χ1) is 34.2. The van der Waals surface area contributed by atoms with Gasteiger partial charge in [-0.15, -0.1) is 0 Å². The summed E-state index contributed by atoms with van der Waals surface area (Å²) in [6.07, 6.45) is 0. The van der Waals surface area contributed by atoms with Crippen molar-refractivity contribution < 1.29 is 4.42 Å². The van der Waals surface area contributed by atoms with Gasteiger partial charge in [0.1, 0.15) is 11.2 Å². The van der Waals surface area contributed by atoms with Crippen LogP contribution in [0.5, 0.6) is 0 Å². The minimum absolute atomic E-state index is 0.525. The zero-order valence-corrected chi connectivity index (χ0v) is 37.0. The van der Waals surface area contributed by atoms with Gasteiger partial charge in [0.25, 0.3) is 0 Å². The molecule has 0 unspecified atom stereocenters. The number of hydrogen-bond acceptors (Lipinski definition) is 4. The largest absolute Gasteiger partial charge is 0.455 e. The van der Waals surface area contributed by atoms with Crippen molar-refractivity contribution in [3.05, 3.63) is 224 Å². The van der Waals surface area contributed by atoms with E-state index < -0.39 is 0 Å². The van der Waals surface area contributed by atoms with Crippen molar-refractivity contribution in [1.29, 1.82) is 0 Å². The lowest BCUT2D eigenvalue weighted by Gasteiger charge is -2.14. The van der Waals surface area contributed by atoms with E-state index in [1.54, 1.807) is 0 Å². The smallest absolute Gasteiger partial charge is 0.167 e. The molecule has 0 saturated heterocycles. The summed E-state index contributed by atoms with van der Waals surface area (Å²) >= 11 is 0. The Bertz CT molecular complexity index is 4620. The van der Waals surface area contributed by atoms with Gasteiger partial charge in [0.05, 0.1) is 38.7 Å². The maximum Gasteiger partial charge on any atom is 0.167 e. The Kier molecular flexibility index (Phi) is 7.97. The zero-order chi connectivity index (χ0) is 45.2. The molecule has 0 aliphatic rings. The van der Waals surface area contributed by atoms with E-state index in [0.29, 0.717) is 23.1 Å². The van der Waals surface area contributed by atoms with Crippen molar-refractivity contribution in [1.82, 2.24) is 24.1 Å². The first-order valence-corrected chi connectivity index (χ1v) is 23.3. The molecule has 320 valence electrons. The fraction of sp³-hybridized carbons (Fsp3) is 0. The molecule has 4 aromatic heterocycles. The van der Waals surface area contributed by atoms with E-state index in [1.807, 2.05) is 6.07 Å². The van der Waals surface area contributed by atoms with Gasteiger partial charge in [-0.3, -0.25) is 0 Å². The van der Waals surface area contributed by atoms with Crippen molar-refractivity contribution in [2.24, 2.45) is 0 Å². The molecule has 15 rings (SSSR count). The number of furan rings is 1. The van der Waals surface area contributed by atoms with Crippen LogP contribution in [0.25, 0.3) is 143 Å². The van der Waals surface area contributed by atoms with Crippen molar-refractivity contribution in [3.8, 4) is 45.5 Å². The molecule has 15 aromatic rings. The van der Waals surface area contributed by atoms with Crippen LogP contribution in [0.4, 0.5) is 0 Å². The van der Waals surface area contributed by atoms with Gasteiger partial charge in [-0.1, -0.05) is 164 Å². The third kappa shape index (κ3) is 5.63. The van der Waals surface area contributed by atoms with Crippen LogP contribution in [0.1, 0.15) is 0 Å². The second kappa shape index (κ2) is 14.6. The number of rotatable bonds is 5. The number of hydrogen-bond donors (Lipinski definition) is 0. The zero-order valence-electron chi connectivity index (χ0n) is 37.0. The van der Waals surface area contributed by atoms with Crippen molar-refractivity contribution >= 4 is 97.9 Å². The van der Waals surface area contributed by atoms with Crippen LogP contribution < -0.4 is 0 Å². The van der Waals surface area contributed by atoms with E-state index in [1.165, 1.54) is 32.3 Å². The van der Waals surface area contributed by atoms with Gasteiger partial charge in [-0.2, -0.15) is 0 Å². The Morgan fingerprint density at radius 3 is 1.80 bits per heavy atom. The molecule has 0 amide bonds. The molecule has 0 saturated carbocycles. The Balaban J connectivity index is 1.05. The summed E-state index contributed by atoms with van der Waals surface area (Å²) in [6.45, 7) is 0. The van der Waals surface area contributed by atoms with Crippen LogP contribution in [0.15, 0.2) is 229 Å². The molecule has 0 atom stereocenters. The lowest BCUT2D eigenvalue weighted by atomic mass is 10.0. The summed E-state index contributed by atoms with van der Waals surface area (Å²) in [5.41, 5.74) is 10.6. The molecule has 0 N–H and O–H groups in total. The third-order valence-corrected chi connectivity index (χ3v) is 14.1. The summed E-state index contributed by atoms with van der Waals surface area (Å²) < 4.78 is 11.9. The fourth-order valence-electron chi connectivity index (χ4n) is 11.0. The molecular weight excluding hydrogens is 843 g/mol. The minimum Gasteiger partial charge on any atom is -0.455 e. The van der Waals surface area contributed by atoms with Crippen LogP contribution in [-0.4, -0.2) is 24.1 Å². The van der Waals surface area contributed by atoms with Crippen LogP contribution in [-0.2, 0) is 0 Å². The first-order valence-electron chi connectivity index (χ1n) is 23.3. The van der Waals surface area contributed by atoms with Gasteiger partial charge in [0.15, 0.2) is 17.5 Å². The van der Waals surface area contributed by atoms with Crippen molar-refractivity contribution in [2.45, 2.75) is 0 Å². The number of nitrogens with zero attached hydrogens (tertiary/aromatic N) is 5. The fourth-order valence-corrected chi connectivity index (χ4v) is 11.0.